The summed E-state index contributed by atoms with van der Waals surface area (Å²) in [5.41, 5.74) is 4.20. The van der Waals surface area contributed by atoms with Crippen molar-refractivity contribution in [2.75, 3.05) is 0 Å². The van der Waals surface area contributed by atoms with Crippen molar-refractivity contribution in [2.45, 2.75) is 20.0 Å². The standard InChI is InChI=1S/C17H16Cl2N2O2/c1-11-3-7-15(8-4-11)23-12(2)17(22)21-20-10-13-5-6-14(18)9-16(13)19/h3-10,12H,1-2H3,(H,21,22)/b20-10-/t12-/m0/s1. The smallest absolute Gasteiger partial charge is 0.280 e. The fraction of sp³-hybridized carbons (Fsp3) is 0.176. The van der Waals surface area contributed by atoms with E-state index in [1.165, 1.54) is 6.21 Å². The van der Waals surface area contributed by atoms with Crippen LogP contribution in [0.3, 0.4) is 0 Å². The van der Waals surface area contributed by atoms with Gasteiger partial charge in [-0.1, -0.05) is 47.0 Å². The number of nitrogens with zero attached hydrogens (tertiary/aromatic N) is 1. The molecule has 6 heteroatoms. The number of carbonyl (C=O) groups is 1. The summed E-state index contributed by atoms with van der Waals surface area (Å²) >= 11 is 11.8. The van der Waals surface area contributed by atoms with E-state index in [9.17, 15) is 4.79 Å². The molecule has 1 atom stereocenters. The van der Waals surface area contributed by atoms with E-state index in [0.717, 1.165) is 5.56 Å². The van der Waals surface area contributed by atoms with Crippen LogP contribution in [0.1, 0.15) is 18.1 Å². The summed E-state index contributed by atoms with van der Waals surface area (Å²) in [5, 5.41) is 4.87. The summed E-state index contributed by atoms with van der Waals surface area (Å²) < 4.78 is 5.54. The molecule has 0 saturated heterocycles. The molecule has 0 saturated carbocycles. The number of amides is 1. The van der Waals surface area contributed by atoms with Crippen LogP contribution in [0.15, 0.2) is 47.6 Å². The Morgan fingerprint density at radius 2 is 1.91 bits per heavy atom. The van der Waals surface area contributed by atoms with Gasteiger partial charge in [0.1, 0.15) is 5.75 Å². The maximum atomic E-state index is 11.9. The molecule has 0 aliphatic carbocycles. The number of halogens is 2. The van der Waals surface area contributed by atoms with E-state index in [1.54, 1.807) is 25.1 Å². The Morgan fingerprint density at radius 3 is 2.57 bits per heavy atom. The van der Waals surface area contributed by atoms with Crippen molar-refractivity contribution in [3.63, 3.8) is 0 Å². The van der Waals surface area contributed by atoms with Gasteiger partial charge in [-0.15, -0.1) is 0 Å². The van der Waals surface area contributed by atoms with E-state index in [1.807, 2.05) is 31.2 Å². The van der Waals surface area contributed by atoms with Crippen LogP contribution in [0.25, 0.3) is 0 Å². The second-order valence-electron chi connectivity index (χ2n) is 4.97. The monoisotopic (exact) mass is 350 g/mol. The average Bonchev–Trinajstić information content (AvgIpc) is 2.51. The molecule has 0 spiro atoms. The lowest BCUT2D eigenvalue weighted by Gasteiger charge is -2.12. The summed E-state index contributed by atoms with van der Waals surface area (Å²) in [7, 11) is 0. The topological polar surface area (TPSA) is 50.7 Å². The van der Waals surface area contributed by atoms with Crippen molar-refractivity contribution < 1.29 is 9.53 Å². The third kappa shape index (κ3) is 5.27. The molecular weight excluding hydrogens is 335 g/mol. The van der Waals surface area contributed by atoms with Crippen molar-refractivity contribution in [3.8, 4) is 5.75 Å². The van der Waals surface area contributed by atoms with E-state index in [-0.39, 0.29) is 5.91 Å². The number of carbonyl (C=O) groups excluding carboxylic acids is 1. The molecule has 0 unspecified atom stereocenters. The van der Waals surface area contributed by atoms with Crippen LogP contribution in [0, 0.1) is 6.92 Å². The number of hydrazone groups is 1. The number of nitrogens with one attached hydrogen (secondary N) is 1. The molecule has 1 N–H and O–H groups in total. The van der Waals surface area contributed by atoms with E-state index < -0.39 is 6.10 Å². The van der Waals surface area contributed by atoms with Crippen molar-refractivity contribution in [3.05, 3.63) is 63.6 Å². The maximum absolute atomic E-state index is 11.9. The van der Waals surface area contributed by atoms with Crippen LogP contribution in [0.5, 0.6) is 5.75 Å². The first-order chi connectivity index (χ1) is 11.0. The Hall–Kier alpha value is -2.04. The van der Waals surface area contributed by atoms with Crippen LogP contribution >= 0.6 is 23.2 Å². The normalized spacial score (nSPS) is 12.2. The second kappa shape index (κ2) is 7.99. The molecule has 120 valence electrons. The molecule has 0 fully saturated rings. The Bertz CT molecular complexity index is 715. The maximum Gasteiger partial charge on any atom is 0.280 e. The fourth-order valence-corrected chi connectivity index (χ4v) is 2.19. The molecule has 1 amide bonds. The van der Waals surface area contributed by atoms with E-state index in [0.29, 0.717) is 21.4 Å². The van der Waals surface area contributed by atoms with Gasteiger partial charge in [0.05, 0.1) is 11.2 Å². The summed E-state index contributed by atoms with van der Waals surface area (Å²) in [6.45, 7) is 3.64. The highest BCUT2D eigenvalue weighted by Crippen LogP contribution is 2.19. The van der Waals surface area contributed by atoms with E-state index in [4.69, 9.17) is 27.9 Å². The average molecular weight is 351 g/mol. The zero-order valence-electron chi connectivity index (χ0n) is 12.7. The molecule has 0 heterocycles. The third-order valence-corrected chi connectivity index (χ3v) is 3.61. The third-order valence-electron chi connectivity index (χ3n) is 3.04. The van der Waals surface area contributed by atoms with Gasteiger partial charge in [0.25, 0.3) is 5.91 Å². The number of benzene rings is 2. The van der Waals surface area contributed by atoms with Crippen LogP contribution in [0.2, 0.25) is 10.0 Å². The van der Waals surface area contributed by atoms with Gasteiger partial charge in [-0.2, -0.15) is 5.10 Å². The van der Waals surface area contributed by atoms with E-state index >= 15 is 0 Å². The molecule has 0 aromatic heterocycles. The SMILES string of the molecule is Cc1ccc(O[C@@H](C)C(=O)N/N=C\c2ccc(Cl)cc2Cl)cc1. The minimum absolute atomic E-state index is 0.355. The largest absolute Gasteiger partial charge is 0.481 e. The van der Waals surface area contributed by atoms with Gasteiger partial charge in [0.15, 0.2) is 6.10 Å². The zero-order valence-corrected chi connectivity index (χ0v) is 14.2. The van der Waals surface area contributed by atoms with Crippen LogP contribution < -0.4 is 10.2 Å². The first-order valence-electron chi connectivity index (χ1n) is 6.97. The molecule has 2 aromatic rings. The molecule has 0 aliphatic rings. The van der Waals surface area contributed by atoms with Crippen molar-refractivity contribution in [1.82, 2.24) is 5.43 Å². The lowest BCUT2D eigenvalue weighted by molar-refractivity contribution is -0.127. The summed E-state index contributed by atoms with van der Waals surface area (Å²) in [5.74, 6) is 0.273. The lowest BCUT2D eigenvalue weighted by atomic mass is 10.2. The number of aryl methyl sites for hydroxylation is 1. The van der Waals surface area contributed by atoms with Gasteiger partial charge in [0.2, 0.25) is 0 Å². The predicted molar refractivity (Wildman–Crippen MR) is 93.5 cm³/mol. The highest BCUT2D eigenvalue weighted by molar-refractivity contribution is 6.36. The molecule has 2 rings (SSSR count). The molecule has 2 aromatic carbocycles. The number of hydrogen-bond donors (Lipinski definition) is 1. The van der Waals surface area contributed by atoms with Gasteiger partial charge >= 0.3 is 0 Å². The second-order valence-corrected chi connectivity index (χ2v) is 5.82. The van der Waals surface area contributed by atoms with E-state index in [2.05, 4.69) is 10.5 Å². The minimum Gasteiger partial charge on any atom is -0.481 e. The van der Waals surface area contributed by atoms with Crippen LogP contribution in [-0.2, 0) is 4.79 Å². The predicted octanol–water partition coefficient (Wildman–Crippen LogP) is 4.22. The molecule has 4 nitrogen and oxygen atoms in total. The van der Waals surface area contributed by atoms with Crippen molar-refractivity contribution >= 4 is 35.3 Å². The van der Waals surface area contributed by atoms with Crippen LogP contribution in [-0.4, -0.2) is 18.2 Å². The first kappa shape index (κ1) is 17.3. The van der Waals surface area contributed by atoms with Crippen molar-refractivity contribution in [2.24, 2.45) is 5.10 Å². The van der Waals surface area contributed by atoms with Gasteiger partial charge in [-0.25, -0.2) is 5.43 Å². The number of rotatable bonds is 5. The quantitative estimate of drug-likeness (QED) is 0.648. The Kier molecular flexibility index (Phi) is 6.02. The highest BCUT2D eigenvalue weighted by atomic mass is 35.5. The van der Waals surface area contributed by atoms with Gasteiger partial charge in [-0.05, 0) is 38.1 Å². The molecular formula is C17H16Cl2N2O2. The number of ether oxygens (including phenoxy) is 1. The minimum atomic E-state index is -0.671. The Morgan fingerprint density at radius 1 is 1.22 bits per heavy atom. The molecule has 23 heavy (non-hydrogen) atoms. The van der Waals surface area contributed by atoms with Gasteiger partial charge in [0, 0.05) is 10.6 Å². The summed E-state index contributed by atoms with van der Waals surface area (Å²) in [6, 6.07) is 12.5. The molecule has 0 aliphatic heterocycles. The van der Waals surface area contributed by atoms with Crippen LogP contribution in [0.4, 0.5) is 0 Å². The lowest BCUT2D eigenvalue weighted by Crippen LogP contribution is -2.33. The van der Waals surface area contributed by atoms with Gasteiger partial charge in [-0.3, -0.25) is 4.79 Å². The zero-order chi connectivity index (χ0) is 16.8. The Balaban J connectivity index is 1.90. The summed E-state index contributed by atoms with van der Waals surface area (Å²) in [6.07, 6.45) is 0.783. The molecule has 0 radical (unpaired) electrons. The van der Waals surface area contributed by atoms with Gasteiger partial charge < -0.3 is 4.74 Å². The van der Waals surface area contributed by atoms with Crippen molar-refractivity contribution in [1.29, 1.82) is 0 Å². The number of hydrogen-bond acceptors (Lipinski definition) is 3. The molecule has 0 bridgehead atoms. The Labute approximate surface area is 145 Å². The summed E-state index contributed by atoms with van der Waals surface area (Å²) in [4.78, 5) is 11.9. The first-order valence-corrected chi connectivity index (χ1v) is 7.72. The highest BCUT2D eigenvalue weighted by Gasteiger charge is 2.13. The fourth-order valence-electron chi connectivity index (χ4n) is 1.74.